The van der Waals surface area contributed by atoms with Gasteiger partial charge in [-0.3, -0.25) is 24.4 Å². The molecule has 4 unspecified atom stereocenters. The Hall–Kier alpha value is -4.22. The summed E-state index contributed by atoms with van der Waals surface area (Å²) >= 11 is 0. The van der Waals surface area contributed by atoms with Crippen molar-refractivity contribution in [1.29, 1.82) is 0 Å². The maximum Gasteiger partial charge on any atom is 0.289 e. The van der Waals surface area contributed by atoms with Crippen LogP contribution in [0.4, 0.5) is 0 Å². The van der Waals surface area contributed by atoms with Crippen molar-refractivity contribution in [2.75, 3.05) is 26.9 Å². The summed E-state index contributed by atoms with van der Waals surface area (Å²) in [6, 6.07) is 18.4. The lowest BCUT2D eigenvalue weighted by atomic mass is 10.0. The summed E-state index contributed by atoms with van der Waals surface area (Å²) in [5.74, 6) is 1.51. The van der Waals surface area contributed by atoms with Gasteiger partial charge in [0.25, 0.3) is 5.91 Å². The molecule has 2 heterocycles. The number of carbonyl (C=O) groups excluding carboxylic acids is 3. The highest BCUT2D eigenvalue weighted by Crippen LogP contribution is 2.24. The van der Waals surface area contributed by atoms with Gasteiger partial charge in [0.05, 0.1) is 31.0 Å². The fourth-order valence-electron chi connectivity index (χ4n) is 6.18. The molecule has 2 aromatic carbocycles. The number of carbonyl (C=O) groups is 3. The first-order valence-corrected chi connectivity index (χ1v) is 22.6. The number of aliphatic hydroxyl groups excluding tert-OH is 3. The van der Waals surface area contributed by atoms with E-state index in [1.54, 1.807) is 25.2 Å². The lowest BCUT2D eigenvalue weighted by Gasteiger charge is -2.26. The molecule has 1 saturated heterocycles. The Morgan fingerprint density at radius 2 is 1.56 bits per heavy atom. The number of nitrogens with zero attached hydrogens (tertiary/aromatic N) is 2. The minimum absolute atomic E-state index is 0.257. The summed E-state index contributed by atoms with van der Waals surface area (Å²) in [7, 11) is 2.29. The number of ketones is 1. The van der Waals surface area contributed by atoms with Crippen molar-refractivity contribution in [3.8, 4) is 0 Å². The maximum atomic E-state index is 11.6. The number of rotatable bonds is 18. The summed E-state index contributed by atoms with van der Waals surface area (Å²) in [5, 5.41) is 35.1. The van der Waals surface area contributed by atoms with Crippen LogP contribution in [0.2, 0.25) is 0 Å². The van der Waals surface area contributed by atoms with E-state index in [4.69, 9.17) is 10.2 Å². The van der Waals surface area contributed by atoms with E-state index in [1.807, 2.05) is 29.2 Å². The third-order valence-electron chi connectivity index (χ3n) is 9.72. The topological polar surface area (TPSA) is 154 Å². The summed E-state index contributed by atoms with van der Waals surface area (Å²) < 4.78 is 2.53. The first-order valence-electron chi connectivity index (χ1n) is 21.6. The first-order chi connectivity index (χ1) is 29.3. The average molecular weight is 864 g/mol. The van der Waals surface area contributed by atoms with Gasteiger partial charge in [0, 0.05) is 44.9 Å². The van der Waals surface area contributed by atoms with Crippen LogP contribution in [0.3, 0.4) is 0 Å². The lowest BCUT2D eigenvalue weighted by Crippen LogP contribution is -2.46. The number of Topliss-reactive ketones (excluding diaryl/α,β-unsaturated/α-hetero) is 1. The third kappa shape index (κ3) is 23.0. The van der Waals surface area contributed by atoms with Gasteiger partial charge in [-0.05, 0) is 88.8 Å². The quantitative estimate of drug-likeness (QED) is 0.0302. The molecular formula is C49H78N5O6P. The van der Waals surface area contributed by atoms with Crippen LogP contribution in [-0.4, -0.2) is 106 Å². The second-order valence-corrected chi connectivity index (χ2v) is 16.2. The number of fused-ring (bicyclic) bond motifs is 1. The molecule has 2 aliphatic rings. The van der Waals surface area contributed by atoms with Gasteiger partial charge in [-0.2, -0.15) is 0 Å². The van der Waals surface area contributed by atoms with Crippen molar-refractivity contribution in [1.82, 2.24) is 25.5 Å². The molecule has 1 fully saturated rings. The summed E-state index contributed by atoms with van der Waals surface area (Å²) in [6.45, 7) is 26.1. The number of nitrogens with one attached hydrogen (secondary N) is 3. The minimum atomic E-state index is -0.724. The lowest BCUT2D eigenvalue weighted by molar-refractivity contribution is -0.139. The van der Waals surface area contributed by atoms with Crippen LogP contribution in [-0.2, 0) is 33.8 Å². The van der Waals surface area contributed by atoms with Crippen molar-refractivity contribution in [2.45, 2.75) is 131 Å². The van der Waals surface area contributed by atoms with Crippen LogP contribution in [0.1, 0.15) is 97.8 Å². The van der Waals surface area contributed by atoms with Crippen LogP contribution in [0, 0.1) is 5.92 Å². The molecule has 2 aromatic rings. The summed E-state index contributed by atoms with van der Waals surface area (Å²) in [4.78, 5) is 35.5. The Morgan fingerprint density at radius 1 is 0.934 bits per heavy atom. The fourth-order valence-corrected chi connectivity index (χ4v) is 7.52. The first kappa shape index (κ1) is 56.8. The van der Waals surface area contributed by atoms with E-state index in [1.165, 1.54) is 52.2 Å². The highest BCUT2D eigenvalue weighted by Gasteiger charge is 2.23. The van der Waals surface area contributed by atoms with E-state index in [2.05, 4.69) is 118 Å². The maximum absolute atomic E-state index is 11.6. The molecule has 5 atom stereocenters. The van der Waals surface area contributed by atoms with Gasteiger partial charge in [-0.15, -0.1) is 0 Å². The zero-order valence-corrected chi connectivity index (χ0v) is 39.4. The Balaban J connectivity index is 0.000000890. The van der Waals surface area contributed by atoms with E-state index in [0.29, 0.717) is 18.4 Å². The van der Waals surface area contributed by atoms with Crippen LogP contribution in [0.25, 0.3) is 0 Å². The average Bonchev–Trinajstić information content (AvgIpc) is 3.68. The van der Waals surface area contributed by atoms with Gasteiger partial charge in [0.2, 0.25) is 12.2 Å². The highest BCUT2D eigenvalue weighted by atomic mass is 31.1. The number of hydrogen-bond acceptors (Lipinski definition) is 9. The molecule has 2 aliphatic heterocycles. The normalized spacial score (nSPS) is 16.9. The van der Waals surface area contributed by atoms with E-state index < -0.39 is 23.8 Å². The Labute approximate surface area is 370 Å². The molecule has 4 rings (SSSR count). The number of allylic oxidation sites excluding steroid dienone is 3. The molecule has 11 nitrogen and oxygen atoms in total. The monoisotopic (exact) mass is 864 g/mol. The molecule has 0 saturated carbocycles. The van der Waals surface area contributed by atoms with E-state index in [9.17, 15) is 19.5 Å². The molecule has 2 amide bonds. The molecule has 0 radical (unpaired) electrons. The Kier molecular flexibility index (Phi) is 32.0. The van der Waals surface area contributed by atoms with Crippen LogP contribution in [0.15, 0.2) is 103 Å². The van der Waals surface area contributed by atoms with E-state index >= 15 is 0 Å². The molecule has 0 aliphatic carbocycles. The highest BCUT2D eigenvalue weighted by molar-refractivity contribution is 7.36. The molecule has 0 spiro atoms. The minimum Gasteiger partial charge on any atom is -0.400 e. The second kappa shape index (κ2) is 34.4. The zero-order valence-electron chi connectivity index (χ0n) is 38.5. The molecule has 6 N–H and O–H groups in total. The van der Waals surface area contributed by atoms with Crippen molar-refractivity contribution < 1.29 is 29.7 Å². The fraction of sp³-hybridized carbons (Fsp3) is 0.510. The number of benzene rings is 2. The SMILES string of the molecule is C=C/C=C(\C=C)C(C)NC(=O)C(=O)C(C)NCO.CC/C=C(/NC(C=PN1CCCC1C)C(C)C)[C@@H](O)Cc1ccccc1.CCC.CO.O=CN1CCc2ccccc2C1. The molecule has 340 valence electrons. The zero-order chi connectivity index (χ0) is 46.2. The van der Waals surface area contributed by atoms with Crippen LogP contribution >= 0.6 is 8.35 Å². The van der Waals surface area contributed by atoms with E-state index in [0.717, 1.165) is 56.3 Å². The van der Waals surface area contributed by atoms with Gasteiger partial charge in [-0.25, -0.2) is 0 Å². The smallest absolute Gasteiger partial charge is 0.289 e. The summed E-state index contributed by atoms with van der Waals surface area (Å²) in [6.07, 6.45) is 13.9. The molecule has 61 heavy (non-hydrogen) atoms. The largest absolute Gasteiger partial charge is 0.400 e. The molecule has 0 bridgehead atoms. The number of aliphatic hydroxyl groups is 3. The molecule has 12 heteroatoms. The summed E-state index contributed by atoms with van der Waals surface area (Å²) in [5.41, 5.74) is 5.55. The second-order valence-electron chi connectivity index (χ2n) is 15.2. The van der Waals surface area contributed by atoms with Crippen molar-refractivity contribution >= 4 is 32.3 Å². The predicted molar refractivity (Wildman–Crippen MR) is 256 cm³/mol. The van der Waals surface area contributed by atoms with Gasteiger partial charge >= 0.3 is 0 Å². The van der Waals surface area contributed by atoms with Crippen LogP contribution in [0.5, 0.6) is 0 Å². The van der Waals surface area contributed by atoms with Crippen molar-refractivity contribution in [3.63, 3.8) is 0 Å². The van der Waals surface area contributed by atoms with Crippen molar-refractivity contribution in [2.24, 2.45) is 5.92 Å². The van der Waals surface area contributed by atoms with Gasteiger partial charge in [0.15, 0.2) is 0 Å². The van der Waals surface area contributed by atoms with Crippen LogP contribution < -0.4 is 16.0 Å². The standard InChI is InChI=1S/C22H35N2OP.C13H20N2O3.C10H11NO.C3H8.CH4O/c1-5-10-20(22(25)15-19-12-7-6-8-13-19)23-21(17(2)3)16-26-24-14-9-11-18(24)4;1-5-7-11(6-2)9(3)15-13(18)12(17)10(4)14-8-16;12-8-11-6-5-9-3-1-2-4-10(9)7-11;1-3-2;1-2/h6-8,10,12-13,16-18,21-23,25H,5,9,11,14-15H2,1-4H3;5-7,9-10,14,16H,1-2,8H2,3-4H3,(H,15,18);1-4,8H,5-7H2;3H2,1-2H3;2H,1H3/b20-10+;11-7+;;;/t18?,21?,22-;;;;/m0..../s1. The number of hydrogen-bond donors (Lipinski definition) is 6. The molecule has 0 aromatic heterocycles. The van der Waals surface area contributed by atoms with Gasteiger partial charge in [0.1, 0.15) is 0 Å². The van der Waals surface area contributed by atoms with Crippen molar-refractivity contribution in [3.05, 3.63) is 120 Å². The molecular weight excluding hydrogens is 786 g/mol. The van der Waals surface area contributed by atoms with Gasteiger partial charge < -0.3 is 30.9 Å². The van der Waals surface area contributed by atoms with E-state index in [-0.39, 0.29) is 18.8 Å². The third-order valence-corrected chi connectivity index (χ3v) is 11.1. The Morgan fingerprint density at radius 3 is 2.08 bits per heavy atom. The Bertz CT molecular complexity index is 1630. The van der Waals surface area contributed by atoms with Gasteiger partial charge in [-0.1, -0.05) is 133 Å². The number of amides is 2. The predicted octanol–water partition coefficient (Wildman–Crippen LogP) is 7.16.